The highest BCUT2D eigenvalue weighted by molar-refractivity contribution is 5.63. The average molecular weight is 223 g/mol. The predicted octanol–water partition coefficient (Wildman–Crippen LogP) is 3.29. The van der Waals surface area contributed by atoms with Crippen molar-refractivity contribution < 1.29 is 0 Å². The fourth-order valence-electron chi connectivity index (χ4n) is 2.64. The zero-order valence-electron chi connectivity index (χ0n) is 10.3. The van der Waals surface area contributed by atoms with Crippen LogP contribution in [0, 0.1) is 11.8 Å². The first kappa shape index (κ1) is 10.5. The minimum atomic E-state index is 0.853. The number of aryl methyl sites for hydroxylation is 2. The maximum Gasteiger partial charge on any atom is 0.0843 e. The van der Waals surface area contributed by atoms with Crippen molar-refractivity contribution in [1.82, 2.24) is 0 Å². The van der Waals surface area contributed by atoms with Crippen molar-refractivity contribution in [2.45, 2.75) is 32.6 Å². The summed E-state index contributed by atoms with van der Waals surface area (Å²) in [6, 6.07) is 6.92. The third-order valence-corrected chi connectivity index (χ3v) is 3.65. The van der Waals surface area contributed by atoms with Crippen LogP contribution < -0.4 is 4.90 Å². The molecule has 0 fully saturated rings. The van der Waals surface area contributed by atoms with Crippen LogP contribution >= 0.6 is 0 Å². The topological polar surface area (TPSA) is 3.24 Å². The highest BCUT2D eigenvalue weighted by atomic mass is 15.1. The van der Waals surface area contributed by atoms with E-state index in [9.17, 15) is 0 Å². The van der Waals surface area contributed by atoms with Gasteiger partial charge in [-0.25, -0.2) is 0 Å². The number of allylic oxidation sites excluding steroid dienone is 2. The molecule has 86 valence electrons. The van der Waals surface area contributed by atoms with Crippen LogP contribution in [0.4, 0.5) is 5.69 Å². The zero-order chi connectivity index (χ0) is 11.7. The zero-order valence-corrected chi connectivity index (χ0v) is 10.3. The lowest BCUT2D eigenvalue weighted by molar-refractivity contribution is 0.812. The van der Waals surface area contributed by atoms with Gasteiger partial charge in [-0.2, -0.15) is 0 Å². The maximum atomic E-state index is 3.19. The van der Waals surface area contributed by atoms with Crippen molar-refractivity contribution in [1.29, 1.82) is 0 Å². The molecule has 0 saturated heterocycles. The predicted molar refractivity (Wildman–Crippen MR) is 72.0 cm³/mol. The standard InChI is InChI=1S/C16H17N/c1-2-13-9-10-14-6-5-8-15-7-3-4-11-17(15)16(14)12-13/h7,9-10,12H,2,5-6,8,11H2,1H3. The second-order valence-corrected chi connectivity index (χ2v) is 4.71. The minimum Gasteiger partial charge on any atom is -0.333 e. The molecule has 0 atom stereocenters. The van der Waals surface area contributed by atoms with E-state index in [0.29, 0.717) is 0 Å². The summed E-state index contributed by atoms with van der Waals surface area (Å²) in [7, 11) is 0. The third-order valence-electron chi connectivity index (χ3n) is 3.65. The highest BCUT2D eigenvalue weighted by Crippen LogP contribution is 2.32. The van der Waals surface area contributed by atoms with Crippen molar-refractivity contribution in [2.75, 3.05) is 11.4 Å². The van der Waals surface area contributed by atoms with Gasteiger partial charge in [0.25, 0.3) is 0 Å². The summed E-state index contributed by atoms with van der Waals surface area (Å²) < 4.78 is 0. The molecule has 2 aliphatic heterocycles. The van der Waals surface area contributed by atoms with Crippen LogP contribution in [0.1, 0.15) is 30.9 Å². The van der Waals surface area contributed by atoms with Gasteiger partial charge in [-0.05, 0) is 42.9 Å². The summed E-state index contributed by atoms with van der Waals surface area (Å²) in [6.45, 7) is 3.07. The first-order chi connectivity index (χ1) is 8.38. The molecule has 3 rings (SSSR count). The molecule has 2 heterocycles. The van der Waals surface area contributed by atoms with Gasteiger partial charge in [0.2, 0.25) is 0 Å². The second kappa shape index (κ2) is 4.30. The average Bonchev–Trinajstić information content (AvgIpc) is 2.57. The molecule has 0 unspecified atom stereocenters. The largest absolute Gasteiger partial charge is 0.333 e. The lowest BCUT2D eigenvalue weighted by atomic mass is 10.0. The Bertz CT molecular complexity index is 528. The number of hydrogen-bond donors (Lipinski definition) is 0. The van der Waals surface area contributed by atoms with Crippen LogP contribution in [-0.2, 0) is 12.8 Å². The van der Waals surface area contributed by atoms with Gasteiger partial charge in [0, 0.05) is 17.5 Å². The Hall–Kier alpha value is -1.68. The summed E-state index contributed by atoms with van der Waals surface area (Å²) in [4.78, 5) is 2.40. The van der Waals surface area contributed by atoms with Gasteiger partial charge in [-0.3, -0.25) is 0 Å². The van der Waals surface area contributed by atoms with Gasteiger partial charge in [0.1, 0.15) is 0 Å². The van der Waals surface area contributed by atoms with Crippen LogP contribution in [0.15, 0.2) is 30.0 Å². The van der Waals surface area contributed by atoms with E-state index < -0.39 is 0 Å². The molecule has 0 aromatic heterocycles. The van der Waals surface area contributed by atoms with Crippen LogP contribution in [0.5, 0.6) is 0 Å². The SMILES string of the molecule is CCc1ccc2c(c1)N1CC#CC=C1CCC2. The molecule has 0 spiro atoms. The summed E-state index contributed by atoms with van der Waals surface area (Å²) in [5.74, 6) is 6.31. The first-order valence-electron chi connectivity index (χ1n) is 6.45. The summed E-state index contributed by atoms with van der Waals surface area (Å²) in [5, 5.41) is 0. The van der Waals surface area contributed by atoms with Crippen LogP contribution in [0.3, 0.4) is 0 Å². The van der Waals surface area contributed by atoms with E-state index >= 15 is 0 Å². The van der Waals surface area contributed by atoms with Gasteiger partial charge >= 0.3 is 0 Å². The van der Waals surface area contributed by atoms with Crippen molar-refractivity contribution in [3.05, 3.63) is 41.1 Å². The first-order valence-corrected chi connectivity index (χ1v) is 6.45. The summed E-state index contributed by atoms with van der Waals surface area (Å²) in [6.07, 6.45) is 6.78. The van der Waals surface area contributed by atoms with E-state index in [2.05, 4.69) is 47.9 Å². The minimum absolute atomic E-state index is 0.853. The van der Waals surface area contributed by atoms with E-state index in [0.717, 1.165) is 19.4 Å². The fourth-order valence-corrected chi connectivity index (χ4v) is 2.64. The smallest absolute Gasteiger partial charge is 0.0843 e. The number of fused-ring (bicyclic) bond motifs is 3. The van der Waals surface area contributed by atoms with Crippen molar-refractivity contribution in [2.24, 2.45) is 0 Å². The van der Waals surface area contributed by atoms with Crippen molar-refractivity contribution in [3.63, 3.8) is 0 Å². The Morgan fingerprint density at radius 1 is 1.29 bits per heavy atom. The molecule has 0 bridgehead atoms. The molecular formula is C16H17N. The quantitative estimate of drug-likeness (QED) is 0.660. The van der Waals surface area contributed by atoms with Gasteiger partial charge in [0.05, 0.1) is 6.54 Å². The molecular weight excluding hydrogens is 206 g/mol. The second-order valence-electron chi connectivity index (χ2n) is 4.71. The van der Waals surface area contributed by atoms with Gasteiger partial charge in [-0.1, -0.05) is 30.9 Å². The molecule has 1 nitrogen and oxygen atoms in total. The molecule has 0 saturated carbocycles. The number of benzene rings is 1. The molecule has 0 amide bonds. The van der Waals surface area contributed by atoms with E-state index in [1.54, 1.807) is 0 Å². The van der Waals surface area contributed by atoms with E-state index in [4.69, 9.17) is 0 Å². The number of anilines is 1. The van der Waals surface area contributed by atoms with Crippen LogP contribution in [0.2, 0.25) is 0 Å². The molecule has 1 heteroatoms. The normalized spacial score (nSPS) is 17.2. The lowest BCUT2D eigenvalue weighted by Gasteiger charge is -2.26. The number of rotatable bonds is 1. The number of nitrogens with zero attached hydrogens (tertiary/aromatic N) is 1. The van der Waals surface area contributed by atoms with E-state index in [1.807, 2.05) is 0 Å². The van der Waals surface area contributed by atoms with Gasteiger partial charge in [0.15, 0.2) is 0 Å². The molecule has 2 aliphatic rings. The monoisotopic (exact) mass is 223 g/mol. The van der Waals surface area contributed by atoms with Crippen LogP contribution in [-0.4, -0.2) is 6.54 Å². The fraction of sp³-hybridized carbons (Fsp3) is 0.375. The Morgan fingerprint density at radius 2 is 2.24 bits per heavy atom. The Kier molecular flexibility index (Phi) is 2.65. The van der Waals surface area contributed by atoms with E-state index in [1.165, 1.54) is 35.4 Å². The molecule has 0 aliphatic carbocycles. The Morgan fingerprint density at radius 3 is 3.12 bits per heavy atom. The Labute approximate surface area is 103 Å². The van der Waals surface area contributed by atoms with Gasteiger partial charge < -0.3 is 4.90 Å². The van der Waals surface area contributed by atoms with Gasteiger partial charge in [-0.15, -0.1) is 0 Å². The van der Waals surface area contributed by atoms with Crippen molar-refractivity contribution >= 4 is 5.69 Å². The summed E-state index contributed by atoms with van der Waals surface area (Å²) >= 11 is 0. The third kappa shape index (κ3) is 1.85. The Balaban J connectivity index is 2.09. The highest BCUT2D eigenvalue weighted by Gasteiger charge is 2.19. The molecule has 17 heavy (non-hydrogen) atoms. The maximum absolute atomic E-state index is 3.19. The van der Waals surface area contributed by atoms with E-state index in [-0.39, 0.29) is 0 Å². The summed E-state index contributed by atoms with van der Waals surface area (Å²) in [5.41, 5.74) is 5.69. The number of hydrogen-bond acceptors (Lipinski definition) is 1. The molecule has 1 aromatic carbocycles. The molecule has 1 aromatic rings. The molecule has 0 radical (unpaired) electrons. The molecule has 0 N–H and O–H groups in total. The van der Waals surface area contributed by atoms with Crippen molar-refractivity contribution in [3.8, 4) is 11.8 Å². The van der Waals surface area contributed by atoms with Crippen LogP contribution in [0.25, 0.3) is 0 Å². The lowest BCUT2D eigenvalue weighted by Crippen LogP contribution is -2.24.